The molecule has 1 aliphatic rings. The number of nitrogens with one attached hydrogen (secondary N) is 1. The van der Waals surface area contributed by atoms with E-state index in [9.17, 15) is 5.11 Å². The average Bonchev–Trinajstić information content (AvgIpc) is 3.41. The molecule has 1 atom stereocenters. The first kappa shape index (κ1) is 20.6. The number of β-amino-alcohol motifs (C(OH)–C–C–N with tert-alkyl or cyclic N) is 1. The topological polar surface area (TPSA) is 71.8 Å². The van der Waals surface area contributed by atoms with Gasteiger partial charge in [0, 0.05) is 43.7 Å². The fourth-order valence-electron chi connectivity index (χ4n) is 3.47. The zero-order valence-electron chi connectivity index (χ0n) is 16.7. The summed E-state index contributed by atoms with van der Waals surface area (Å²) in [4.78, 5) is 2.29. The monoisotopic (exact) mass is 388 g/mol. The number of ether oxygens (including phenoxy) is 2. The van der Waals surface area contributed by atoms with Crippen molar-refractivity contribution >= 4 is 0 Å². The van der Waals surface area contributed by atoms with Gasteiger partial charge in [0.25, 0.3) is 0 Å². The Morgan fingerprint density at radius 2 is 2.14 bits per heavy atom. The minimum Gasteiger partial charge on any atom is -0.497 e. The first-order valence-electron chi connectivity index (χ1n) is 10.1. The van der Waals surface area contributed by atoms with Crippen LogP contribution in [0.4, 0.5) is 0 Å². The molecule has 7 heteroatoms. The summed E-state index contributed by atoms with van der Waals surface area (Å²) in [5.41, 5.74) is 1.06. The second kappa shape index (κ2) is 11.0. The van der Waals surface area contributed by atoms with Gasteiger partial charge in [-0.2, -0.15) is 5.10 Å². The fraction of sp³-hybridized carbons (Fsp3) is 0.571. The van der Waals surface area contributed by atoms with Gasteiger partial charge >= 0.3 is 0 Å². The van der Waals surface area contributed by atoms with Gasteiger partial charge in [0.05, 0.1) is 7.11 Å². The van der Waals surface area contributed by atoms with Crippen LogP contribution >= 0.6 is 0 Å². The summed E-state index contributed by atoms with van der Waals surface area (Å²) >= 11 is 0. The van der Waals surface area contributed by atoms with Crippen LogP contribution in [0.15, 0.2) is 36.7 Å². The molecule has 28 heavy (non-hydrogen) atoms. The quantitative estimate of drug-likeness (QED) is 0.541. The smallest absolute Gasteiger partial charge is 0.127 e. The SMILES string of the molecule is COc1ccc(CNCCCn2cccn2)c(OC[C@@H](O)CN2CCCC2)c1. The molecule has 0 radical (unpaired) electrons. The second-order valence-corrected chi connectivity index (χ2v) is 7.25. The van der Waals surface area contributed by atoms with Gasteiger partial charge in [0.2, 0.25) is 0 Å². The lowest BCUT2D eigenvalue weighted by atomic mass is 10.2. The lowest BCUT2D eigenvalue weighted by Crippen LogP contribution is -2.33. The number of hydrogen-bond acceptors (Lipinski definition) is 6. The molecule has 0 spiro atoms. The molecule has 0 bridgehead atoms. The zero-order valence-corrected chi connectivity index (χ0v) is 16.7. The van der Waals surface area contributed by atoms with Crippen LogP contribution in [0.2, 0.25) is 0 Å². The third-order valence-corrected chi connectivity index (χ3v) is 4.99. The summed E-state index contributed by atoms with van der Waals surface area (Å²) in [6, 6.07) is 7.78. The number of methoxy groups -OCH3 is 1. The summed E-state index contributed by atoms with van der Waals surface area (Å²) < 4.78 is 13.2. The van der Waals surface area contributed by atoms with E-state index in [0.717, 1.165) is 49.7 Å². The van der Waals surface area contributed by atoms with Crippen LogP contribution in [-0.2, 0) is 13.1 Å². The maximum atomic E-state index is 10.3. The van der Waals surface area contributed by atoms with Gasteiger partial charge in [-0.05, 0) is 51.0 Å². The zero-order chi connectivity index (χ0) is 19.6. The summed E-state index contributed by atoms with van der Waals surface area (Å²) in [6.45, 7) is 5.60. The van der Waals surface area contributed by atoms with Crippen LogP contribution in [0.3, 0.4) is 0 Å². The van der Waals surface area contributed by atoms with Crippen LogP contribution in [0.1, 0.15) is 24.8 Å². The minimum absolute atomic E-state index is 0.288. The van der Waals surface area contributed by atoms with E-state index in [1.165, 1.54) is 12.8 Å². The average molecular weight is 389 g/mol. The fourth-order valence-corrected chi connectivity index (χ4v) is 3.47. The molecule has 1 fully saturated rings. The van der Waals surface area contributed by atoms with Crippen molar-refractivity contribution in [2.24, 2.45) is 0 Å². The van der Waals surface area contributed by atoms with Crippen molar-refractivity contribution in [2.45, 2.75) is 38.5 Å². The van der Waals surface area contributed by atoms with Gasteiger partial charge in [-0.25, -0.2) is 0 Å². The number of benzene rings is 1. The van der Waals surface area contributed by atoms with Crippen LogP contribution in [0, 0.1) is 0 Å². The van der Waals surface area contributed by atoms with E-state index in [2.05, 4.69) is 15.3 Å². The molecular weight excluding hydrogens is 356 g/mol. The van der Waals surface area contributed by atoms with Crippen LogP contribution < -0.4 is 14.8 Å². The first-order chi connectivity index (χ1) is 13.7. The van der Waals surface area contributed by atoms with Crippen LogP contribution in [0.25, 0.3) is 0 Å². The lowest BCUT2D eigenvalue weighted by Gasteiger charge is -2.20. The van der Waals surface area contributed by atoms with Crippen molar-refractivity contribution < 1.29 is 14.6 Å². The minimum atomic E-state index is -0.487. The predicted octanol–water partition coefficient (Wildman–Crippen LogP) is 1.91. The summed E-state index contributed by atoms with van der Waals surface area (Å²) in [7, 11) is 1.65. The molecule has 2 aromatic rings. The number of aromatic nitrogens is 2. The van der Waals surface area contributed by atoms with Crippen LogP contribution in [-0.4, -0.2) is 65.8 Å². The van der Waals surface area contributed by atoms with Gasteiger partial charge in [0.1, 0.15) is 24.2 Å². The van der Waals surface area contributed by atoms with E-state index in [4.69, 9.17) is 9.47 Å². The first-order valence-corrected chi connectivity index (χ1v) is 10.1. The molecule has 0 amide bonds. The third-order valence-electron chi connectivity index (χ3n) is 4.99. The van der Waals surface area contributed by atoms with Gasteiger partial charge in [-0.15, -0.1) is 0 Å². The molecule has 0 saturated carbocycles. The van der Waals surface area contributed by atoms with E-state index in [1.54, 1.807) is 13.3 Å². The highest BCUT2D eigenvalue weighted by atomic mass is 16.5. The Bertz CT molecular complexity index is 687. The molecule has 2 heterocycles. The molecule has 1 aliphatic heterocycles. The third kappa shape index (κ3) is 6.51. The van der Waals surface area contributed by atoms with Crippen molar-refractivity contribution in [1.29, 1.82) is 0 Å². The molecule has 7 nitrogen and oxygen atoms in total. The van der Waals surface area contributed by atoms with Gasteiger partial charge in [0.15, 0.2) is 0 Å². The van der Waals surface area contributed by atoms with Gasteiger partial charge < -0.3 is 24.8 Å². The van der Waals surface area contributed by atoms with Crippen molar-refractivity contribution in [3.05, 3.63) is 42.2 Å². The van der Waals surface area contributed by atoms with E-state index >= 15 is 0 Å². The molecule has 1 saturated heterocycles. The lowest BCUT2D eigenvalue weighted by molar-refractivity contribution is 0.0753. The largest absolute Gasteiger partial charge is 0.497 e. The van der Waals surface area contributed by atoms with Crippen molar-refractivity contribution in [3.8, 4) is 11.5 Å². The molecule has 0 aliphatic carbocycles. The molecule has 3 rings (SSSR count). The Hall–Kier alpha value is -2.09. The predicted molar refractivity (Wildman–Crippen MR) is 109 cm³/mol. The van der Waals surface area contributed by atoms with Crippen molar-refractivity contribution in [3.63, 3.8) is 0 Å². The number of rotatable bonds is 12. The Balaban J connectivity index is 1.46. The van der Waals surface area contributed by atoms with E-state index < -0.39 is 6.10 Å². The normalized spacial score (nSPS) is 15.6. The number of hydrogen-bond donors (Lipinski definition) is 2. The molecular formula is C21H32N4O3. The van der Waals surface area contributed by atoms with E-state index in [0.29, 0.717) is 13.1 Å². The molecule has 2 N–H and O–H groups in total. The van der Waals surface area contributed by atoms with Crippen molar-refractivity contribution in [1.82, 2.24) is 20.0 Å². The second-order valence-electron chi connectivity index (χ2n) is 7.25. The maximum Gasteiger partial charge on any atom is 0.127 e. The summed E-state index contributed by atoms with van der Waals surface area (Å²) in [5.74, 6) is 1.52. The molecule has 154 valence electrons. The Kier molecular flexibility index (Phi) is 8.14. The highest BCUT2D eigenvalue weighted by molar-refractivity contribution is 5.40. The number of nitrogens with zero attached hydrogens (tertiary/aromatic N) is 3. The maximum absolute atomic E-state index is 10.3. The summed E-state index contributed by atoms with van der Waals surface area (Å²) in [5, 5.41) is 18.0. The molecule has 0 unspecified atom stereocenters. The number of aliphatic hydroxyl groups excluding tert-OH is 1. The molecule has 1 aromatic carbocycles. The Morgan fingerprint density at radius 3 is 2.89 bits per heavy atom. The van der Waals surface area contributed by atoms with Crippen LogP contribution in [0.5, 0.6) is 11.5 Å². The van der Waals surface area contributed by atoms with Gasteiger partial charge in [-0.3, -0.25) is 4.68 Å². The van der Waals surface area contributed by atoms with Gasteiger partial charge in [-0.1, -0.05) is 6.07 Å². The van der Waals surface area contributed by atoms with E-state index in [1.807, 2.05) is 35.1 Å². The number of likely N-dealkylation sites (tertiary alicyclic amines) is 1. The molecule has 1 aromatic heterocycles. The number of aryl methyl sites for hydroxylation is 1. The number of aliphatic hydroxyl groups is 1. The van der Waals surface area contributed by atoms with Crippen molar-refractivity contribution in [2.75, 3.05) is 39.9 Å². The Morgan fingerprint density at radius 1 is 1.29 bits per heavy atom. The summed E-state index contributed by atoms with van der Waals surface area (Å²) in [6.07, 6.45) is 6.73. The highest BCUT2D eigenvalue weighted by Crippen LogP contribution is 2.25. The Labute approximate surface area is 167 Å². The van der Waals surface area contributed by atoms with E-state index in [-0.39, 0.29) is 6.61 Å². The standard InChI is InChI=1S/C21H32N4O3/c1-27-20-7-6-18(15-22-8-4-12-25-13-5-9-23-25)21(14-20)28-17-19(26)16-24-10-2-3-11-24/h5-7,9,13-14,19,22,26H,2-4,8,10-12,15-17H2,1H3/t19-/m0/s1. The highest BCUT2D eigenvalue weighted by Gasteiger charge is 2.17.